The van der Waals surface area contributed by atoms with Crippen LogP contribution in [0, 0.1) is 5.82 Å². The highest BCUT2D eigenvalue weighted by Gasteiger charge is 2.30. The molecular formula is C16H21FN2O. The first-order valence-electron chi connectivity index (χ1n) is 6.96. The van der Waals surface area contributed by atoms with E-state index < -0.39 is 0 Å². The number of likely N-dealkylation sites (tertiary alicyclic amines) is 1. The summed E-state index contributed by atoms with van der Waals surface area (Å²) in [6, 6.07) is 6.39. The Morgan fingerprint density at radius 3 is 2.60 bits per heavy atom. The van der Waals surface area contributed by atoms with E-state index >= 15 is 0 Å². The molecule has 2 N–H and O–H groups in total. The Labute approximate surface area is 119 Å². The summed E-state index contributed by atoms with van der Waals surface area (Å²) < 4.78 is 13.0. The standard InChI is InChI=1S/C16H21FN2O/c1-3-11(2)16(20)19-9-8-14(15(18)10-19)12-4-6-13(17)7-5-12/h3-7,14-15H,8-10,18H2,1-2H3/b11-3+. The van der Waals surface area contributed by atoms with Crippen molar-refractivity contribution in [3.05, 3.63) is 47.3 Å². The largest absolute Gasteiger partial charge is 0.337 e. The van der Waals surface area contributed by atoms with Crippen LogP contribution in [-0.2, 0) is 4.79 Å². The van der Waals surface area contributed by atoms with Crippen molar-refractivity contribution in [1.29, 1.82) is 0 Å². The minimum absolute atomic E-state index is 0.0560. The maximum Gasteiger partial charge on any atom is 0.249 e. The predicted octanol–water partition coefficient (Wildman–Crippen LogP) is 2.44. The van der Waals surface area contributed by atoms with Crippen molar-refractivity contribution in [2.24, 2.45) is 5.73 Å². The quantitative estimate of drug-likeness (QED) is 0.843. The van der Waals surface area contributed by atoms with Crippen molar-refractivity contribution in [2.45, 2.75) is 32.2 Å². The number of allylic oxidation sites excluding steroid dienone is 1. The van der Waals surface area contributed by atoms with Gasteiger partial charge in [0.05, 0.1) is 0 Å². The van der Waals surface area contributed by atoms with Crippen molar-refractivity contribution in [3.8, 4) is 0 Å². The molecule has 4 heteroatoms. The lowest BCUT2D eigenvalue weighted by Gasteiger charge is -2.37. The van der Waals surface area contributed by atoms with Crippen LogP contribution in [0.1, 0.15) is 31.7 Å². The number of hydrogen-bond donors (Lipinski definition) is 1. The van der Waals surface area contributed by atoms with Crippen LogP contribution >= 0.6 is 0 Å². The molecule has 1 aromatic carbocycles. The van der Waals surface area contributed by atoms with E-state index in [1.807, 2.05) is 19.9 Å². The number of amides is 1. The second-order valence-electron chi connectivity index (χ2n) is 5.33. The fourth-order valence-corrected chi connectivity index (χ4v) is 2.66. The number of piperidine rings is 1. The smallest absolute Gasteiger partial charge is 0.249 e. The molecule has 2 atom stereocenters. The van der Waals surface area contributed by atoms with Crippen molar-refractivity contribution in [3.63, 3.8) is 0 Å². The zero-order valence-corrected chi connectivity index (χ0v) is 12.0. The van der Waals surface area contributed by atoms with Gasteiger partial charge in [-0.2, -0.15) is 0 Å². The maximum absolute atomic E-state index is 13.0. The van der Waals surface area contributed by atoms with Gasteiger partial charge in [0.25, 0.3) is 0 Å². The molecule has 108 valence electrons. The summed E-state index contributed by atoms with van der Waals surface area (Å²) >= 11 is 0. The summed E-state index contributed by atoms with van der Waals surface area (Å²) in [4.78, 5) is 13.9. The highest BCUT2D eigenvalue weighted by molar-refractivity contribution is 5.92. The fourth-order valence-electron chi connectivity index (χ4n) is 2.66. The van der Waals surface area contributed by atoms with Crippen LogP contribution in [0.5, 0.6) is 0 Å². The molecule has 2 unspecified atom stereocenters. The molecule has 0 aromatic heterocycles. The van der Waals surface area contributed by atoms with E-state index in [2.05, 4.69) is 0 Å². The van der Waals surface area contributed by atoms with Gasteiger partial charge in [0.1, 0.15) is 5.82 Å². The van der Waals surface area contributed by atoms with E-state index in [0.29, 0.717) is 13.1 Å². The minimum atomic E-state index is -0.237. The summed E-state index contributed by atoms with van der Waals surface area (Å²) in [5.74, 6) is 0.00436. The lowest BCUT2D eigenvalue weighted by Crippen LogP contribution is -2.49. The predicted molar refractivity (Wildman–Crippen MR) is 77.7 cm³/mol. The van der Waals surface area contributed by atoms with Crippen molar-refractivity contribution < 1.29 is 9.18 Å². The van der Waals surface area contributed by atoms with E-state index in [1.165, 1.54) is 12.1 Å². The van der Waals surface area contributed by atoms with Crippen LogP contribution in [0.15, 0.2) is 35.9 Å². The zero-order chi connectivity index (χ0) is 14.7. The number of carbonyl (C=O) groups is 1. The molecule has 0 radical (unpaired) electrons. The average Bonchev–Trinajstić information content (AvgIpc) is 2.46. The van der Waals surface area contributed by atoms with E-state index in [1.54, 1.807) is 17.0 Å². The number of rotatable bonds is 2. The van der Waals surface area contributed by atoms with Crippen LogP contribution in [0.3, 0.4) is 0 Å². The fraction of sp³-hybridized carbons (Fsp3) is 0.438. The zero-order valence-electron chi connectivity index (χ0n) is 12.0. The average molecular weight is 276 g/mol. The summed E-state index contributed by atoms with van der Waals surface area (Å²) in [6.07, 6.45) is 2.63. The van der Waals surface area contributed by atoms with Crippen molar-refractivity contribution in [1.82, 2.24) is 4.90 Å². The third kappa shape index (κ3) is 3.07. The number of nitrogens with zero attached hydrogens (tertiary/aromatic N) is 1. The van der Waals surface area contributed by atoms with E-state index in [4.69, 9.17) is 5.73 Å². The molecule has 3 nitrogen and oxygen atoms in total. The van der Waals surface area contributed by atoms with Crippen molar-refractivity contribution in [2.75, 3.05) is 13.1 Å². The molecule has 1 heterocycles. The van der Waals surface area contributed by atoms with Crippen molar-refractivity contribution >= 4 is 5.91 Å². The van der Waals surface area contributed by atoms with Crippen LogP contribution < -0.4 is 5.73 Å². The Morgan fingerprint density at radius 1 is 1.40 bits per heavy atom. The minimum Gasteiger partial charge on any atom is -0.337 e. The first-order valence-corrected chi connectivity index (χ1v) is 6.96. The normalized spacial score (nSPS) is 23.8. The summed E-state index contributed by atoms with van der Waals surface area (Å²) in [5, 5.41) is 0. The van der Waals surface area contributed by atoms with E-state index in [0.717, 1.165) is 17.6 Å². The van der Waals surface area contributed by atoms with Gasteiger partial charge in [-0.25, -0.2) is 4.39 Å². The molecule has 1 fully saturated rings. The summed E-state index contributed by atoms with van der Waals surface area (Å²) in [7, 11) is 0. The van der Waals surface area contributed by atoms with Gasteiger partial charge in [0, 0.05) is 30.6 Å². The molecule has 1 amide bonds. The second kappa shape index (κ2) is 6.18. The summed E-state index contributed by atoms with van der Waals surface area (Å²) in [5.41, 5.74) is 8.01. The lowest BCUT2D eigenvalue weighted by molar-refractivity contribution is -0.128. The molecule has 1 aliphatic rings. The number of hydrogen-bond acceptors (Lipinski definition) is 2. The first-order chi connectivity index (χ1) is 9.52. The Hall–Kier alpha value is -1.68. The van der Waals surface area contributed by atoms with Gasteiger partial charge >= 0.3 is 0 Å². The highest BCUT2D eigenvalue weighted by Crippen LogP contribution is 2.28. The monoisotopic (exact) mass is 276 g/mol. The molecule has 20 heavy (non-hydrogen) atoms. The number of nitrogens with two attached hydrogens (primary N) is 1. The van der Waals surface area contributed by atoms with Crippen LogP contribution in [0.2, 0.25) is 0 Å². The highest BCUT2D eigenvalue weighted by atomic mass is 19.1. The molecule has 1 saturated heterocycles. The van der Waals surface area contributed by atoms with Crippen LogP contribution in [0.25, 0.3) is 0 Å². The van der Waals surface area contributed by atoms with E-state index in [-0.39, 0.29) is 23.7 Å². The number of carbonyl (C=O) groups excluding carboxylic acids is 1. The van der Waals surface area contributed by atoms with Gasteiger partial charge in [0.2, 0.25) is 5.91 Å². The van der Waals surface area contributed by atoms with Gasteiger partial charge in [-0.15, -0.1) is 0 Å². The number of halogens is 1. The molecule has 0 saturated carbocycles. The Balaban J connectivity index is 2.06. The molecule has 0 spiro atoms. The van der Waals surface area contributed by atoms with Gasteiger partial charge in [-0.1, -0.05) is 18.2 Å². The Kier molecular flexibility index (Phi) is 4.55. The third-order valence-corrected chi connectivity index (χ3v) is 4.01. The van der Waals surface area contributed by atoms with E-state index in [9.17, 15) is 9.18 Å². The van der Waals surface area contributed by atoms with Gasteiger partial charge in [-0.05, 0) is 38.0 Å². The van der Waals surface area contributed by atoms with Gasteiger partial charge in [-0.3, -0.25) is 4.79 Å². The van der Waals surface area contributed by atoms with Gasteiger partial charge in [0.15, 0.2) is 0 Å². The lowest BCUT2D eigenvalue weighted by atomic mass is 9.85. The Bertz CT molecular complexity index is 510. The molecule has 0 bridgehead atoms. The van der Waals surface area contributed by atoms with Crippen LogP contribution in [0.4, 0.5) is 4.39 Å². The maximum atomic E-state index is 13.0. The molecule has 2 rings (SSSR count). The molecule has 1 aliphatic heterocycles. The molecule has 0 aliphatic carbocycles. The number of benzene rings is 1. The topological polar surface area (TPSA) is 46.3 Å². The third-order valence-electron chi connectivity index (χ3n) is 4.01. The SMILES string of the molecule is C/C=C(\C)C(=O)N1CCC(c2ccc(F)cc2)C(N)C1. The van der Waals surface area contributed by atoms with Crippen LogP contribution in [-0.4, -0.2) is 29.9 Å². The Morgan fingerprint density at radius 2 is 2.05 bits per heavy atom. The molecular weight excluding hydrogens is 255 g/mol. The second-order valence-corrected chi connectivity index (χ2v) is 5.33. The van der Waals surface area contributed by atoms with Gasteiger partial charge < -0.3 is 10.6 Å². The first kappa shape index (κ1) is 14.7. The molecule has 1 aromatic rings. The summed E-state index contributed by atoms with van der Waals surface area (Å²) in [6.45, 7) is 4.92.